The van der Waals surface area contributed by atoms with E-state index in [0.29, 0.717) is 56.7 Å². The van der Waals surface area contributed by atoms with Gasteiger partial charge >= 0.3 is 0 Å². The summed E-state index contributed by atoms with van der Waals surface area (Å²) in [5.74, 6) is -1.89. The van der Waals surface area contributed by atoms with Gasteiger partial charge in [-0.1, -0.05) is 46.0 Å². The lowest BCUT2D eigenvalue weighted by Crippen LogP contribution is -2.61. The molecule has 2 saturated heterocycles. The molecule has 6 amide bonds. The fourth-order valence-electron chi connectivity index (χ4n) is 8.42. The van der Waals surface area contributed by atoms with Gasteiger partial charge < -0.3 is 36.2 Å². The summed E-state index contributed by atoms with van der Waals surface area (Å²) in [4.78, 5) is 102. The first-order chi connectivity index (χ1) is 27.9. The van der Waals surface area contributed by atoms with Crippen LogP contribution < -0.4 is 21.3 Å². The minimum absolute atomic E-state index is 0.0346. The molecule has 3 fully saturated rings. The van der Waals surface area contributed by atoms with Crippen molar-refractivity contribution < 1.29 is 38.7 Å². The number of carbonyl (C=O) groups excluding carboxylic acids is 7. The van der Waals surface area contributed by atoms with Crippen LogP contribution >= 0.6 is 11.8 Å². The Kier molecular flexibility index (Phi) is 19.0. The van der Waals surface area contributed by atoms with Crippen LogP contribution in [0.15, 0.2) is 18.7 Å². The number of likely N-dealkylation sites (tertiary alicyclic amines) is 2. The van der Waals surface area contributed by atoms with Crippen LogP contribution in [-0.4, -0.2) is 134 Å². The molecule has 4 rings (SSSR count). The Morgan fingerprint density at radius 1 is 0.810 bits per heavy atom. The van der Waals surface area contributed by atoms with Crippen molar-refractivity contribution in [2.75, 3.05) is 31.6 Å². The number of hydrogen-bond donors (Lipinski definition) is 5. The van der Waals surface area contributed by atoms with Gasteiger partial charge in [0.15, 0.2) is 0 Å². The normalized spacial score (nSPS) is 21.3. The average Bonchev–Trinajstić information content (AvgIpc) is 3.95. The van der Waals surface area contributed by atoms with E-state index in [1.54, 1.807) is 0 Å². The van der Waals surface area contributed by atoms with Gasteiger partial charge in [-0.05, 0) is 82.1 Å². The van der Waals surface area contributed by atoms with Gasteiger partial charge in [-0.2, -0.15) is 11.8 Å². The number of piperidine rings is 1. The lowest BCUT2D eigenvalue weighted by Gasteiger charge is -2.38. The third-order valence-corrected chi connectivity index (χ3v) is 12.4. The van der Waals surface area contributed by atoms with Gasteiger partial charge in [0.2, 0.25) is 41.4 Å². The molecule has 0 radical (unpaired) electrons. The van der Waals surface area contributed by atoms with Crippen molar-refractivity contribution in [3.63, 3.8) is 0 Å². The number of carbonyl (C=O) groups is 7. The summed E-state index contributed by atoms with van der Waals surface area (Å²) in [5.41, 5.74) is 0. The highest BCUT2D eigenvalue weighted by molar-refractivity contribution is 7.98. The molecule has 3 heterocycles. The van der Waals surface area contributed by atoms with E-state index in [0.717, 1.165) is 25.7 Å². The first kappa shape index (κ1) is 46.7. The second-order valence-corrected chi connectivity index (χ2v) is 17.2. The minimum Gasteiger partial charge on any atom is -0.391 e. The fourth-order valence-corrected chi connectivity index (χ4v) is 8.89. The molecule has 3 aliphatic rings. The van der Waals surface area contributed by atoms with E-state index in [9.17, 15) is 38.7 Å². The highest BCUT2D eigenvalue weighted by atomic mass is 32.2. The predicted octanol–water partition coefficient (Wildman–Crippen LogP) is 2.40. The molecule has 7 atom stereocenters. The largest absolute Gasteiger partial charge is 0.391 e. The number of aliphatic hydroxyl groups is 1. The molecule has 2 aliphatic heterocycles. The van der Waals surface area contributed by atoms with Gasteiger partial charge in [0.1, 0.15) is 36.5 Å². The Morgan fingerprint density at radius 3 is 2.05 bits per heavy atom. The molecule has 1 saturated carbocycles. The zero-order valence-electron chi connectivity index (χ0n) is 34.8. The Labute approximate surface area is 347 Å². The molecule has 1 aromatic rings. The van der Waals surface area contributed by atoms with Crippen LogP contribution in [0.2, 0.25) is 0 Å². The first-order valence-electron chi connectivity index (χ1n) is 21.3. The lowest BCUT2D eigenvalue weighted by atomic mass is 9.79. The van der Waals surface area contributed by atoms with Crippen LogP contribution in [0.25, 0.3) is 0 Å². The molecule has 324 valence electrons. The summed E-state index contributed by atoms with van der Waals surface area (Å²) in [7, 11) is 0. The summed E-state index contributed by atoms with van der Waals surface area (Å²) in [5, 5.41) is 21.5. The highest BCUT2D eigenvalue weighted by Gasteiger charge is 2.42. The van der Waals surface area contributed by atoms with Crippen LogP contribution in [0.3, 0.4) is 0 Å². The molecule has 5 N–H and O–H groups in total. The van der Waals surface area contributed by atoms with Crippen molar-refractivity contribution in [1.29, 1.82) is 0 Å². The maximum atomic E-state index is 14.4. The molecule has 16 nitrogen and oxygen atoms in total. The van der Waals surface area contributed by atoms with E-state index in [1.165, 1.54) is 58.2 Å². The monoisotopic (exact) mass is 830 g/mol. The van der Waals surface area contributed by atoms with E-state index in [-0.39, 0.29) is 56.5 Å². The van der Waals surface area contributed by atoms with Gasteiger partial charge in [0.25, 0.3) is 0 Å². The van der Waals surface area contributed by atoms with E-state index in [1.807, 2.05) is 13.2 Å². The second kappa shape index (κ2) is 23.6. The van der Waals surface area contributed by atoms with Crippen molar-refractivity contribution in [1.82, 2.24) is 40.6 Å². The molecular weight excluding hydrogens is 765 g/mol. The minimum atomic E-state index is -1.20. The average molecular weight is 831 g/mol. The Bertz CT molecular complexity index is 1540. The maximum absolute atomic E-state index is 14.4. The summed E-state index contributed by atoms with van der Waals surface area (Å²) in [6.45, 7) is 6.30. The molecular formula is C41H66N8O8S. The zero-order valence-corrected chi connectivity index (χ0v) is 35.6. The number of amides is 6. The Balaban J connectivity index is 1.48. The quantitative estimate of drug-likeness (QED) is 0.130. The van der Waals surface area contributed by atoms with Gasteiger partial charge in [-0.3, -0.25) is 38.1 Å². The van der Waals surface area contributed by atoms with Crippen molar-refractivity contribution in [2.24, 2.45) is 11.8 Å². The van der Waals surface area contributed by atoms with Crippen LogP contribution in [0.5, 0.6) is 0 Å². The standard InChI is InChI=1S/C41H66N8O8S/c1-5-19-43-39(55)36(28(3)50)46-38(54)33-15-11-22-49(33)41(57)31(18-24-58-4)45-37(53)32-14-9-10-21-48(32)40(56)30(16-17-35(52)47-23-20-42-26-47)44-34(51)25-27(2)29-12-7-6-8-13-29/h20,23,26-33,36,50H,5-19,21-22,24-25H2,1-4H3,(H,43,55)(H,44,51)(H,45,53)(H,46,54)/t27-,28+,30-,31-,32-,33-,36-/m0/s1. The van der Waals surface area contributed by atoms with Crippen molar-refractivity contribution in [3.8, 4) is 0 Å². The number of hydrogen-bond acceptors (Lipinski definition) is 10. The lowest BCUT2D eigenvalue weighted by molar-refractivity contribution is -0.147. The van der Waals surface area contributed by atoms with Crippen LogP contribution in [0, 0.1) is 11.8 Å². The number of thioether (sulfide) groups is 1. The fraction of sp³-hybridized carbons (Fsp3) is 0.756. The number of nitrogens with zero attached hydrogens (tertiary/aromatic N) is 4. The van der Waals surface area contributed by atoms with E-state index in [2.05, 4.69) is 33.2 Å². The second-order valence-electron chi connectivity index (χ2n) is 16.2. The summed E-state index contributed by atoms with van der Waals surface area (Å²) < 4.78 is 1.34. The number of imidazole rings is 1. The van der Waals surface area contributed by atoms with Crippen molar-refractivity contribution in [2.45, 2.75) is 153 Å². The molecule has 0 bridgehead atoms. The van der Waals surface area contributed by atoms with Crippen molar-refractivity contribution >= 4 is 53.1 Å². The van der Waals surface area contributed by atoms with E-state index in [4.69, 9.17) is 0 Å². The van der Waals surface area contributed by atoms with E-state index >= 15 is 0 Å². The smallest absolute Gasteiger partial charge is 0.245 e. The molecule has 1 aromatic heterocycles. The van der Waals surface area contributed by atoms with Crippen LogP contribution in [0.1, 0.15) is 122 Å². The molecule has 1 aliphatic carbocycles. The first-order valence-corrected chi connectivity index (χ1v) is 22.7. The van der Waals surface area contributed by atoms with Crippen LogP contribution in [0.4, 0.5) is 0 Å². The third kappa shape index (κ3) is 13.3. The third-order valence-electron chi connectivity index (χ3n) is 11.8. The molecule has 17 heteroatoms. The molecule has 0 unspecified atom stereocenters. The SMILES string of the molecule is CCCNC(=O)[C@@H](NC(=O)[C@@H]1CCCN1C(=O)[C@H](CCSC)NC(=O)[C@@H]1CCCCN1C(=O)[C@H](CCC(=O)n1ccnc1)NC(=O)C[C@H](C)C1CCCCC1)[C@@H](C)O. The molecule has 58 heavy (non-hydrogen) atoms. The number of nitrogens with one attached hydrogen (secondary N) is 4. The Hall–Kier alpha value is -3.99. The number of aromatic nitrogens is 2. The maximum Gasteiger partial charge on any atom is 0.245 e. The molecule has 0 spiro atoms. The summed E-state index contributed by atoms with van der Waals surface area (Å²) in [6.07, 6.45) is 14.5. The number of aliphatic hydroxyl groups excluding tert-OH is 1. The summed E-state index contributed by atoms with van der Waals surface area (Å²) >= 11 is 1.50. The number of rotatable bonds is 20. The van der Waals surface area contributed by atoms with Gasteiger partial charge in [0.05, 0.1) is 6.10 Å². The zero-order chi connectivity index (χ0) is 42.2. The van der Waals surface area contributed by atoms with Crippen LogP contribution in [-0.2, 0) is 28.8 Å². The van der Waals surface area contributed by atoms with Gasteiger partial charge in [0, 0.05) is 44.9 Å². The Morgan fingerprint density at radius 2 is 1.43 bits per heavy atom. The topological polar surface area (TPSA) is 212 Å². The van der Waals surface area contributed by atoms with Gasteiger partial charge in [-0.25, -0.2) is 4.98 Å². The van der Waals surface area contributed by atoms with Gasteiger partial charge in [-0.15, -0.1) is 0 Å². The van der Waals surface area contributed by atoms with Crippen molar-refractivity contribution in [3.05, 3.63) is 18.7 Å². The summed E-state index contributed by atoms with van der Waals surface area (Å²) in [6, 6.07) is -5.04. The predicted molar refractivity (Wildman–Crippen MR) is 220 cm³/mol. The highest BCUT2D eigenvalue weighted by Crippen LogP contribution is 2.31. The van der Waals surface area contributed by atoms with E-state index < -0.39 is 65.8 Å². The molecule has 0 aromatic carbocycles.